The second kappa shape index (κ2) is 17.9. The van der Waals surface area contributed by atoms with Gasteiger partial charge in [-0.2, -0.15) is 0 Å². The molecule has 0 saturated heterocycles. The van der Waals surface area contributed by atoms with Crippen molar-refractivity contribution in [3.63, 3.8) is 0 Å². The summed E-state index contributed by atoms with van der Waals surface area (Å²) in [6.07, 6.45) is 4.40. The maximum Gasteiger partial charge on any atom is 0.261 e. The fourth-order valence-electron chi connectivity index (χ4n) is 6.65. The second-order valence-electron chi connectivity index (χ2n) is 13.7. The zero-order valence-electron chi connectivity index (χ0n) is 29.4. The van der Waals surface area contributed by atoms with Gasteiger partial charge in [0.2, 0.25) is 0 Å². The Morgan fingerprint density at radius 3 is 1.92 bits per heavy atom. The highest BCUT2D eigenvalue weighted by atomic mass is 28.4. The molecule has 49 heavy (non-hydrogen) atoms. The third kappa shape index (κ3) is 9.78. The van der Waals surface area contributed by atoms with E-state index in [1.807, 2.05) is 42.5 Å². The number of aliphatic hydroxyl groups excluding tert-OH is 1. The summed E-state index contributed by atoms with van der Waals surface area (Å²) in [6, 6.07) is 39.4. The lowest BCUT2D eigenvalue weighted by molar-refractivity contribution is -0.149. The van der Waals surface area contributed by atoms with Gasteiger partial charge in [0.05, 0.1) is 45.2 Å². The standard InChI is InChI=1S/C42H52O6Si/c1-42(2,3)49(36-18-10-6-11-19-36,37-20-12-7-13-21-37)47-29-28-41-40(46-31-33-16-8-5-9-17-33)23-15-14-22-39(48-41)38(43)32-45-30-34-24-26-35(44-4)27-25-34/h5-21,24-27,38-41,43H,22-23,28-32H2,1-4H3/b15-14-/t38-,39-,40+,41+/m1/s1. The topological polar surface area (TPSA) is 66.4 Å². The fraction of sp³-hybridized carbons (Fsp3) is 0.381. The smallest absolute Gasteiger partial charge is 0.261 e. The number of hydrogen-bond acceptors (Lipinski definition) is 6. The van der Waals surface area contributed by atoms with E-state index in [1.54, 1.807) is 7.11 Å². The predicted molar refractivity (Wildman–Crippen MR) is 199 cm³/mol. The quantitative estimate of drug-likeness (QED) is 0.106. The molecule has 260 valence electrons. The van der Waals surface area contributed by atoms with Crippen molar-refractivity contribution < 1.29 is 28.5 Å². The first-order valence-electron chi connectivity index (χ1n) is 17.4. The van der Waals surface area contributed by atoms with Crippen LogP contribution >= 0.6 is 0 Å². The molecule has 6 nitrogen and oxygen atoms in total. The molecule has 0 aliphatic carbocycles. The highest BCUT2D eigenvalue weighted by molar-refractivity contribution is 6.99. The molecule has 0 saturated carbocycles. The molecule has 7 heteroatoms. The van der Waals surface area contributed by atoms with Crippen LogP contribution in [0.4, 0.5) is 0 Å². The Balaban J connectivity index is 1.34. The maximum absolute atomic E-state index is 11.4. The van der Waals surface area contributed by atoms with Crippen molar-refractivity contribution in [2.45, 2.75) is 82.7 Å². The summed E-state index contributed by atoms with van der Waals surface area (Å²) in [7, 11) is -1.08. The Kier molecular flexibility index (Phi) is 13.4. The van der Waals surface area contributed by atoms with Crippen LogP contribution in [0.3, 0.4) is 0 Å². The molecule has 0 aromatic heterocycles. The minimum atomic E-state index is -2.73. The van der Waals surface area contributed by atoms with E-state index >= 15 is 0 Å². The molecule has 1 aliphatic heterocycles. The molecular formula is C42H52O6Si. The van der Waals surface area contributed by atoms with Crippen molar-refractivity contribution in [2.75, 3.05) is 20.3 Å². The Morgan fingerprint density at radius 2 is 1.33 bits per heavy atom. The summed E-state index contributed by atoms with van der Waals surface area (Å²) in [5.74, 6) is 0.799. The Hall–Kier alpha value is -3.56. The SMILES string of the molecule is COc1ccc(COC[C@@H](O)[C@H]2C/C=C\C[C@H](OCc3ccccc3)[C@H](CCO[Si](c3ccccc3)(c3ccccc3)C(C)(C)C)O2)cc1. The molecule has 1 N–H and O–H groups in total. The molecule has 0 bridgehead atoms. The first-order valence-corrected chi connectivity index (χ1v) is 19.3. The number of methoxy groups -OCH3 is 1. The minimum absolute atomic E-state index is 0.136. The Labute approximate surface area is 293 Å². The van der Waals surface area contributed by atoms with E-state index < -0.39 is 20.5 Å². The molecule has 0 radical (unpaired) electrons. The lowest BCUT2D eigenvalue weighted by Crippen LogP contribution is -2.66. The minimum Gasteiger partial charge on any atom is -0.497 e. The fourth-order valence-corrected chi connectivity index (χ4v) is 11.2. The van der Waals surface area contributed by atoms with Crippen LogP contribution < -0.4 is 15.1 Å². The van der Waals surface area contributed by atoms with E-state index in [0.717, 1.165) is 16.9 Å². The van der Waals surface area contributed by atoms with E-state index in [1.165, 1.54) is 10.4 Å². The van der Waals surface area contributed by atoms with Gasteiger partial charge in [0, 0.05) is 6.61 Å². The zero-order chi connectivity index (χ0) is 34.5. The van der Waals surface area contributed by atoms with Gasteiger partial charge in [-0.15, -0.1) is 0 Å². The van der Waals surface area contributed by atoms with Gasteiger partial charge in [0.15, 0.2) is 0 Å². The maximum atomic E-state index is 11.4. The largest absolute Gasteiger partial charge is 0.497 e. The van der Waals surface area contributed by atoms with Crippen molar-refractivity contribution in [1.29, 1.82) is 0 Å². The molecule has 5 rings (SSSR count). The molecule has 1 aliphatic rings. The van der Waals surface area contributed by atoms with Crippen LogP contribution in [0.1, 0.15) is 51.2 Å². The number of hydrogen-bond donors (Lipinski definition) is 1. The van der Waals surface area contributed by atoms with E-state index in [4.69, 9.17) is 23.4 Å². The van der Waals surface area contributed by atoms with Gasteiger partial charge in [-0.25, -0.2) is 0 Å². The lowest BCUT2D eigenvalue weighted by atomic mass is 10.0. The third-order valence-corrected chi connectivity index (χ3v) is 14.3. The van der Waals surface area contributed by atoms with Crippen molar-refractivity contribution in [1.82, 2.24) is 0 Å². The van der Waals surface area contributed by atoms with Crippen LogP contribution in [0.25, 0.3) is 0 Å². The number of benzene rings is 4. The average Bonchev–Trinajstić information content (AvgIpc) is 3.11. The zero-order valence-corrected chi connectivity index (χ0v) is 30.4. The molecule has 0 amide bonds. The van der Waals surface area contributed by atoms with Crippen molar-refractivity contribution in [2.24, 2.45) is 0 Å². The van der Waals surface area contributed by atoms with Crippen molar-refractivity contribution in [3.8, 4) is 5.75 Å². The van der Waals surface area contributed by atoms with Crippen LogP contribution in [-0.2, 0) is 31.9 Å². The van der Waals surface area contributed by atoms with E-state index in [0.29, 0.717) is 39.1 Å². The average molecular weight is 681 g/mol. The summed E-state index contributed by atoms with van der Waals surface area (Å²) < 4.78 is 31.9. The third-order valence-electron chi connectivity index (χ3n) is 9.26. The number of rotatable bonds is 15. The highest BCUT2D eigenvalue weighted by Crippen LogP contribution is 2.37. The molecule has 0 fully saturated rings. The van der Waals surface area contributed by atoms with E-state index in [-0.39, 0.29) is 23.9 Å². The molecule has 0 spiro atoms. The highest BCUT2D eigenvalue weighted by Gasteiger charge is 2.50. The number of ether oxygens (including phenoxy) is 4. The van der Waals surface area contributed by atoms with Crippen LogP contribution in [0.5, 0.6) is 5.75 Å². The summed E-state index contributed by atoms with van der Waals surface area (Å²) in [4.78, 5) is 0. The summed E-state index contributed by atoms with van der Waals surface area (Å²) in [5, 5.41) is 13.7. The van der Waals surface area contributed by atoms with Gasteiger partial charge in [-0.1, -0.05) is 136 Å². The molecule has 4 atom stereocenters. The van der Waals surface area contributed by atoms with Crippen LogP contribution in [0, 0.1) is 0 Å². The first kappa shape index (κ1) is 36.7. The Bertz CT molecular complexity index is 1500. The monoisotopic (exact) mass is 680 g/mol. The predicted octanol–water partition coefficient (Wildman–Crippen LogP) is 7.23. The first-order chi connectivity index (χ1) is 23.8. The van der Waals surface area contributed by atoms with Gasteiger partial charge in [0.1, 0.15) is 11.9 Å². The van der Waals surface area contributed by atoms with Crippen LogP contribution in [0.15, 0.2) is 127 Å². The number of aliphatic hydroxyl groups is 1. The summed E-state index contributed by atoms with van der Waals surface area (Å²) in [5.41, 5.74) is 2.12. The van der Waals surface area contributed by atoms with Gasteiger partial charge in [-0.05, 0) is 57.9 Å². The lowest BCUT2D eigenvalue weighted by Gasteiger charge is -2.43. The van der Waals surface area contributed by atoms with Crippen molar-refractivity contribution in [3.05, 3.63) is 139 Å². The molecular weight excluding hydrogens is 629 g/mol. The van der Waals surface area contributed by atoms with Gasteiger partial charge in [-0.3, -0.25) is 0 Å². The van der Waals surface area contributed by atoms with E-state index in [2.05, 4.69) is 106 Å². The molecule has 0 unspecified atom stereocenters. The van der Waals surface area contributed by atoms with Crippen LogP contribution in [0.2, 0.25) is 5.04 Å². The molecule has 4 aromatic rings. The van der Waals surface area contributed by atoms with Crippen LogP contribution in [-0.4, -0.2) is 58.2 Å². The van der Waals surface area contributed by atoms with Crippen molar-refractivity contribution >= 4 is 18.7 Å². The van der Waals surface area contributed by atoms with Gasteiger partial charge < -0.3 is 28.5 Å². The Morgan fingerprint density at radius 1 is 0.755 bits per heavy atom. The van der Waals surface area contributed by atoms with Gasteiger partial charge >= 0.3 is 0 Å². The molecule has 4 aromatic carbocycles. The van der Waals surface area contributed by atoms with Gasteiger partial charge in [0.25, 0.3) is 8.32 Å². The second-order valence-corrected chi connectivity index (χ2v) is 18.0. The normalized spacial score (nSPS) is 19.8. The van der Waals surface area contributed by atoms with E-state index in [9.17, 15) is 5.11 Å². The summed E-state index contributed by atoms with van der Waals surface area (Å²) in [6.45, 7) is 8.39. The summed E-state index contributed by atoms with van der Waals surface area (Å²) >= 11 is 0. The molecule has 1 heterocycles.